The highest BCUT2D eigenvalue weighted by atomic mass is 35.5. The van der Waals surface area contributed by atoms with Gasteiger partial charge in [-0.25, -0.2) is 0 Å². The summed E-state index contributed by atoms with van der Waals surface area (Å²) in [5.74, 6) is 0. The average Bonchev–Trinajstić information content (AvgIpc) is 1.40. The van der Waals surface area contributed by atoms with E-state index in [2.05, 4.69) is 336 Å². The number of nitrogens with zero attached hydrogens (tertiary/aromatic N) is 3. The van der Waals surface area contributed by atoms with Crippen LogP contribution in [0.4, 0.5) is 51.2 Å². The minimum absolute atomic E-state index is 0.0441. The van der Waals surface area contributed by atoms with Crippen molar-refractivity contribution in [3.8, 4) is 22.3 Å². The highest BCUT2D eigenvalue weighted by Crippen LogP contribution is 2.54. The summed E-state index contributed by atoms with van der Waals surface area (Å²) in [7, 11) is 0. The van der Waals surface area contributed by atoms with E-state index in [4.69, 9.17) is 16.0 Å². The Morgan fingerprint density at radius 2 is 0.739 bits per heavy atom. The van der Waals surface area contributed by atoms with E-state index >= 15 is 0 Å². The largest absolute Gasteiger partial charge is 0.456 e. The molecule has 12 aromatic rings. The van der Waals surface area contributed by atoms with Crippen LogP contribution in [0.1, 0.15) is 132 Å². The molecular weight excluding hydrogens is 1110 g/mol. The lowest BCUT2D eigenvalue weighted by atomic mass is 9.86. The number of thiophene rings is 1. The van der Waals surface area contributed by atoms with Crippen molar-refractivity contribution in [2.75, 3.05) is 14.7 Å². The summed E-state index contributed by atoms with van der Waals surface area (Å²) in [4.78, 5) is 7.23. The Balaban J connectivity index is 1.17. The molecule has 12 rings (SSSR count). The quantitative estimate of drug-likeness (QED) is 0.129. The Morgan fingerprint density at radius 1 is 0.307 bits per heavy atom. The lowest BCUT2D eigenvalue weighted by Gasteiger charge is -2.34. The lowest BCUT2D eigenvalue weighted by molar-refractivity contribution is 0.590. The maximum atomic E-state index is 8.50. The van der Waals surface area contributed by atoms with Crippen molar-refractivity contribution in [3.05, 3.63) is 257 Å². The van der Waals surface area contributed by atoms with Crippen LogP contribution in [0.2, 0.25) is 5.02 Å². The molecule has 0 aliphatic rings. The third-order valence-corrected chi connectivity index (χ3v) is 18.8. The Hall–Kier alpha value is -8.35. The number of fused-ring (bicyclic) bond motifs is 4. The Bertz CT molecular complexity index is 4440. The van der Waals surface area contributed by atoms with Gasteiger partial charge in [0.25, 0.3) is 0 Å². The topological polar surface area (TPSA) is 22.9 Å². The van der Waals surface area contributed by atoms with Gasteiger partial charge in [-0.3, -0.25) is 0 Å². The van der Waals surface area contributed by atoms with E-state index in [1.54, 1.807) is 11.3 Å². The van der Waals surface area contributed by atoms with Crippen molar-refractivity contribution in [3.63, 3.8) is 0 Å². The van der Waals surface area contributed by atoms with Crippen molar-refractivity contribution >= 4 is 106 Å². The first-order valence-corrected chi connectivity index (χ1v) is 32.2. The van der Waals surface area contributed by atoms with Crippen LogP contribution in [0.3, 0.4) is 0 Å². The second-order valence-corrected chi connectivity index (χ2v) is 30.3. The van der Waals surface area contributed by atoms with Crippen molar-refractivity contribution in [2.24, 2.45) is 0 Å². The number of hydrogen-bond donors (Lipinski definition) is 0. The van der Waals surface area contributed by atoms with Crippen molar-refractivity contribution in [2.45, 2.75) is 131 Å². The highest BCUT2D eigenvalue weighted by molar-refractivity contribution is 7.17. The molecule has 0 fully saturated rings. The number of anilines is 9. The molecule has 10 aromatic carbocycles. The molecule has 0 atom stereocenters. The fraction of sp³-hybridized carbons (Fsp3) is 0.244. The van der Waals surface area contributed by atoms with Crippen molar-refractivity contribution < 1.29 is 4.42 Å². The van der Waals surface area contributed by atoms with E-state index in [9.17, 15) is 0 Å². The summed E-state index contributed by atoms with van der Waals surface area (Å²) in [6.07, 6.45) is 0. The minimum Gasteiger partial charge on any atom is -0.456 e. The highest BCUT2D eigenvalue weighted by Gasteiger charge is 2.30. The molecule has 2 heterocycles. The fourth-order valence-electron chi connectivity index (χ4n) is 12.1. The van der Waals surface area contributed by atoms with Gasteiger partial charge >= 0.3 is 0 Å². The van der Waals surface area contributed by atoms with E-state index in [1.165, 1.54) is 37.9 Å². The standard InChI is InChI=1S/C82H82ClN3OS/c1-78(2,3)56-26-35-61(36-27-56)84(62-37-28-57(29-38-62)79(4,5)6)70-51-65(43-45-66(70)54-25-44-68-67-23-19-20-24-74(67)87-75(68)49-54)85(63-39-30-58(31-40-63)80(7,8)9)71-47-55(53-21-17-16-18-22-53)48-72(77(71)83)86(64-41-32-59(33-42-64)81(10,11)12)73-52-88-76-46-34-60(50-69(73)76)82(13,14)15/h16-52H,1-15H3. The van der Waals surface area contributed by atoms with Gasteiger partial charge in [0.05, 0.1) is 27.8 Å². The number of benzene rings is 10. The molecule has 0 bridgehead atoms. The molecule has 444 valence electrons. The second-order valence-electron chi connectivity index (χ2n) is 29.0. The smallest absolute Gasteiger partial charge is 0.136 e. The van der Waals surface area contributed by atoms with E-state index < -0.39 is 0 Å². The Kier molecular flexibility index (Phi) is 15.4. The van der Waals surface area contributed by atoms with Crippen LogP contribution in [0.15, 0.2) is 228 Å². The van der Waals surface area contributed by atoms with Crippen LogP contribution in [-0.4, -0.2) is 0 Å². The van der Waals surface area contributed by atoms with Gasteiger partial charge in [0, 0.05) is 60.2 Å². The van der Waals surface area contributed by atoms with Gasteiger partial charge < -0.3 is 19.1 Å². The summed E-state index contributed by atoms with van der Waals surface area (Å²) in [5, 5.41) is 6.29. The van der Waals surface area contributed by atoms with Crippen LogP contribution in [0, 0.1) is 0 Å². The molecule has 0 amide bonds. The average molecular weight is 1190 g/mol. The zero-order valence-electron chi connectivity index (χ0n) is 53.9. The number of rotatable bonds is 11. The summed E-state index contributed by atoms with van der Waals surface area (Å²) in [6.45, 7) is 34.2. The number of hydrogen-bond acceptors (Lipinski definition) is 5. The van der Waals surface area contributed by atoms with Gasteiger partial charge in [0.2, 0.25) is 0 Å². The molecule has 2 aromatic heterocycles. The first-order valence-electron chi connectivity index (χ1n) is 31.0. The van der Waals surface area contributed by atoms with Crippen LogP contribution in [-0.2, 0) is 27.1 Å². The first-order chi connectivity index (χ1) is 41.7. The lowest BCUT2D eigenvalue weighted by Crippen LogP contribution is -2.17. The van der Waals surface area contributed by atoms with Crippen LogP contribution < -0.4 is 14.7 Å². The van der Waals surface area contributed by atoms with E-state index in [-0.39, 0.29) is 27.1 Å². The molecule has 0 radical (unpaired) electrons. The summed E-state index contributed by atoms with van der Waals surface area (Å²) in [6, 6.07) is 80.8. The van der Waals surface area contributed by atoms with Gasteiger partial charge in [-0.05, 0) is 175 Å². The molecule has 88 heavy (non-hydrogen) atoms. The van der Waals surface area contributed by atoms with Crippen LogP contribution in [0.5, 0.6) is 0 Å². The molecule has 0 N–H and O–H groups in total. The van der Waals surface area contributed by atoms with Crippen LogP contribution in [0.25, 0.3) is 54.3 Å². The monoisotopic (exact) mass is 1190 g/mol. The summed E-state index contributed by atoms with van der Waals surface area (Å²) < 4.78 is 7.88. The summed E-state index contributed by atoms with van der Waals surface area (Å²) in [5.41, 5.74) is 20.7. The van der Waals surface area contributed by atoms with Gasteiger partial charge in [-0.2, -0.15) is 0 Å². The molecule has 0 saturated heterocycles. The molecule has 0 aliphatic carbocycles. The number of furan rings is 1. The fourth-order valence-corrected chi connectivity index (χ4v) is 13.2. The normalized spacial score (nSPS) is 12.5. The van der Waals surface area contributed by atoms with Gasteiger partial charge in [0.1, 0.15) is 11.2 Å². The Morgan fingerprint density at radius 3 is 1.25 bits per heavy atom. The predicted molar refractivity (Wildman–Crippen MR) is 383 cm³/mol. The minimum atomic E-state index is -0.0814. The molecule has 4 nitrogen and oxygen atoms in total. The zero-order valence-corrected chi connectivity index (χ0v) is 55.5. The zero-order chi connectivity index (χ0) is 62.2. The van der Waals surface area contributed by atoms with E-state index in [1.807, 2.05) is 6.07 Å². The molecule has 0 unspecified atom stereocenters. The molecule has 0 aliphatic heterocycles. The molecular formula is C82H82ClN3OS. The second kappa shape index (κ2) is 22.7. The van der Waals surface area contributed by atoms with Gasteiger partial charge in [0.15, 0.2) is 0 Å². The van der Waals surface area contributed by atoms with Crippen molar-refractivity contribution in [1.29, 1.82) is 0 Å². The van der Waals surface area contributed by atoms with Crippen LogP contribution >= 0.6 is 22.9 Å². The predicted octanol–water partition coefficient (Wildman–Crippen LogP) is 25.7. The first kappa shape index (κ1) is 60.0. The number of halogens is 1. The SMILES string of the molecule is CC(C)(C)c1ccc(N(c2ccc(C(C)(C)C)cc2)c2cc(N(c3ccc(C(C)(C)C)cc3)c3cc(-c4ccccc4)cc(N(c4ccc(C(C)(C)C)cc4)c4csc5ccc(C(C)(C)C)cc45)c3Cl)ccc2-c2ccc3c(c2)oc2ccccc23)cc1. The molecule has 0 saturated carbocycles. The maximum Gasteiger partial charge on any atom is 0.136 e. The van der Waals surface area contributed by atoms with E-state index in [0.29, 0.717) is 5.02 Å². The van der Waals surface area contributed by atoms with E-state index in [0.717, 1.165) is 95.4 Å². The van der Waals surface area contributed by atoms with Gasteiger partial charge in [-0.1, -0.05) is 231 Å². The van der Waals surface area contributed by atoms with Gasteiger partial charge in [-0.15, -0.1) is 11.3 Å². The third kappa shape index (κ3) is 11.8. The Labute approximate surface area is 531 Å². The molecule has 6 heteroatoms. The number of para-hydroxylation sites is 1. The summed E-state index contributed by atoms with van der Waals surface area (Å²) >= 11 is 10.3. The molecule has 0 spiro atoms. The maximum absolute atomic E-state index is 8.50. The van der Waals surface area contributed by atoms with Crippen molar-refractivity contribution in [1.82, 2.24) is 0 Å². The third-order valence-electron chi connectivity index (χ3n) is 17.4.